The number of carbonyl (C=O) groups excluding carboxylic acids is 1. The first-order chi connectivity index (χ1) is 8.50. The van der Waals surface area contributed by atoms with E-state index in [0.29, 0.717) is 13.1 Å². The number of nitrogens with zero attached hydrogens (tertiary/aromatic N) is 1. The van der Waals surface area contributed by atoms with Crippen molar-refractivity contribution in [2.24, 2.45) is 5.41 Å². The van der Waals surface area contributed by atoms with Crippen LogP contribution in [-0.4, -0.2) is 41.1 Å². The van der Waals surface area contributed by atoms with Gasteiger partial charge in [-0.2, -0.15) is 0 Å². The summed E-state index contributed by atoms with van der Waals surface area (Å²) in [5, 5.41) is 11.7. The van der Waals surface area contributed by atoms with E-state index in [1.165, 1.54) is 19.3 Å². The third-order valence-electron chi connectivity index (χ3n) is 4.04. The Morgan fingerprint density at radius 2 is 2.06 bits per heavy atom. The highest BCUT2D eigenvalue weighted by atomic mass is 16.4. The van der Waals surface area contributed by atoms with Gasteiger partial charge in [-0.15, -0.1) is 0 Å². The molecule has 18 heavy (non-hydrogen) atoms. The molecule has 2 saturated carbocycles. The summed E-state index contributed by atoms with van der Waals surface area (Å²) in [5.74, 6) is -0.848. The Hall–Kier alpha value is -1.26. The molecule has 0 atom stereocenters. The van der Waals surface area contributed by atoms with Gasteiger partial charge < -0.3 is 15.3 Å². The highest BCUT2D eigenvalue weighted by Crippen LogP contribution is 2.39. The van der Waals surface area contributed by atoms with Gasteiger partial charge >= 0.3 is 12.0 Å². The minimum atomic E-state index is -0.848. The molecule has 0 heterocycles. The molecule has 0 bridgehead atoms. The standard InChI is InChI=1S/C13H22N2O3/c1-13(6-2-7-13)9-14-12(18)15(10-3-4-10)8-5-11(16)17/h10H,2-9H2,1H3,(H,14,18)(H,16,17). The van der Waals surface area contributed by atoms with Crippen LogP contribution >= 0.6 is 0 Å². The number of hydrogen-bond acceptors (Lipinski definition) is 2. The van der Waals surface area contributed by atoms with Crippen molar-refractivity contribution < 1.29 is 14.7 Å². The van der Waals surface area contributed by atoms with Gasteiger partial charge in [-0.1, -0.05) is 13.3 Å². The van der Waals surface area contributed by atoms with Gasteiger partial charge in [-0.3, -0.25) is 4.79 Å². The average molecular weight is 254 g/mol. The number of nitrogens with one attached hydrogen (secondary N) is 1. The van der Waals surface area contributed by atoms with E-state index in [2.05, 4.69) is 12.2 Å². The van der Waals surface area contributed by atoms with Gasteiger partial charge in [0.25, 0.3) is 0 Å². The van der Waals surface area contributed by atoms with Crippen LogP contribution in [0.5, 0.6) is 0 Å². The van der Waals surface area contributed by atoms with Crippen LogP contribution in [0.3, 0.4) is 0 Å². The number of rotatable bonds is 6. The Kier molecular flexibility index (Phi) is 3.78. The zero-order valence-corrected chi connectivity index (χ0v) is 10.9. The number of amides is 2. The summed E-state index contributed by atoms with van der Waals surface area (Å²) in [4.78, 5) is 24.3. The summed E-state index contributed by atoms with van der Waals surface area (Å²) in [6, 6.07) is 0.172. The second kappa shape index (κ2) is 5.16. The molecule has 0 unspecified atom stereocenters. The van der Waals surface area contributed by atoms with E-state index in [9.17, 15) is 9.59 Å². The topological polar surface area (TPSA) is 69.6 Å². The molecule has 2 amide bonds. The van der Waals surface area contributed by atoms with Crippen molar-refractivity contribution >= 4 is 12.0 Å². The van der Waals surface area contributed by atoms with E-state index in [4.69, 9.17) is 5.11 Å². The van der Waals surface area contributed by atoms with Crippen LogP contribution in [0.2, 0.25) is 0 Å². The van der Waals surface area contributed by atoms with Gasteiger partial charge in [0.15, 0.2) is 0 Å². The zero-order chi connectivity index (χ0) is 13.2. The molecule has 5 heteroatoms. The molecule has 2 fully saturated rings. The quantitative estimate of drug-likeness (QED) is 0.759. The summed E-state index contributed by atoms with van der Waals surface area (Å²) in [6.45, 7) is 3.22. The van der Waals surface area contributed by atoms with Crippen LogP contribution in [0, 0.1) is 5.41 Å². The molecular formula is C13H22N2O3. The highest BCUT2D eigenvalue weighted by molar-refractivity contribution is 5.76. The second-order valence-electron chi connectivity index (χ2n) is 5.89. The summed E-state index contributed by atoms with van der Waals surface area (Å²) >= 11 is 0. The normalized spacial score (nSPS) is 20.9. The second-order valence-corrected chi connectivity index (χ2v) is 5.89. The smallest absolute Gasteiger partial charge is 0.317 e. The lowest BCUT2D eigenvalue weighted by molar-refractivity contribution is -0.137. The van der Waals surface area contributed by atoms with E-state index in [0.717, 1.165) is 12.8 Å². The van der Waals surface area contributed by atoms with E-state index in [1.807, 2.05) is 0 Å². The lowest BCUT2D eigenvalue weighted by atomic mass is 9.70. The summed E-state index contributed by atoms with van der Waals surface area (Å²) in [7, 11) is 0. The van der Waals surface area contributed by atoms with Crippen molar-refractivity contribution in [1.82, 2.24) is 10.2 Å². The largest absolute Gasteiger partial charge is 0.481 e. The van der Waals surface area contributed by atoms with Gasteiger partial charge in [0.1, 0.15) is 0 Å². The molecular weight excluding hydrogens is 232 g/mol. The maximum absolute atomic E-state index is 12.0. The van der Waals surface area contributed by atoms with Gasteiger partial charge in [0.2, 0.25) is 0 Å². The third kappa shape index (κ3) is 3.37. The van der Waals surface area contributed by atoms with E-state index in [1.54, 1.807) is 4.90 Å². The van der Waals surface area contributed by atoms with E-state index < -0.39 is 5.97 Å². The molecule has 0 aromatic carbocycles. The molecule has 0 aromatic heterocycles. The Morgan fingerprint density at radius 1 is 1.39 bits per heavy atom. The first-order valence-corrected chi connectivity index (χ1v) is 6.76. The van der Waals surface area contributed by atoms with Crippen molar-refractivity contribution in [1.29, 1.82) is 0 Å². The fraction of sp³-hybridized carbons (Fsp3) is 0.846. The highest BCUT2D eigenvalue weighted by Gasteiger charge is 2.35. The van der Waals surface area contributed by atoms with Gasteiger partial charge in [0, 0.05) is 19.1 Å². The average Bonchev–Trinajstić information content (AvgIpc) is 3.08. The number of hydrogen-bond donors (Lipinski definition) is 2. The van der Waals surface area contributed by atoms with E-state index >= 15 is 0 Å². The van der Waals surface area contributed by atoms with Crippen LogP contribution < -0.4 is 5.32 Å². The summed E-state index contributed by atoms with van der Waals surface area (Å²) in [6.07, 6.45) is 5.63. The van der Waals surface area contributed by atoms with Gasteiger partial charge in [-0.05, 0) is 31.1 Å². The third-order valence-corrected chi connectivity index (χ3v) is 4.04. The lowest BCUT2D eigenvalue weighted by Gasteiger charge is -2.39. The molecule has 2 N–H and O–H groups in total. The van der Waals surface area contributed by atoms with Crippen molar-refractivity contribution in [2.45, 2.75) is 51.5 Å². The molecule has 0 saturated heterocycles. The number of urea groups is 1. The molecule has 0 spiro atoms. The fourth-order valence-electron chi connectivity index (χ4n) is 2.40. The molecule has 5 nitrogen and oxygen atoms in total. The summed E-state index contributed by atoms with van der Waals surface area (Å²) in [5.41, 5.74) is 0.262. The van der Waals surface area contributed by atoms with E-state index in [-0.39, 0.29) is 23.9 Å². The molecule has 0 aliphatic heterocycles. The van der Waals surface area contributed by atoms with Gasteiger partial charge in [0.05, 0.1) is 6.42 Å². The predicted molar refractivity (Wildman–Crippen MR) is 67.3 cm³/mol. The monoisotopic (exact) mass is 254 g/mol. The van der Waals surface area contributed by atoms with Crippen LogP contribution in [0.15, 0.2) is 0 Å². The zero-order valence-electron chi connectivity index (χ0n) is 10.9. The molecule has 2 rings (SSSR count). The lowest BCUT2D eigenvalue weighted by Crippen LogP contribution is -2.47. The molecule has 2 aliphatic rings. The fourth-order valence-corrected chi connectivity index (χ4v) is 2.40. The number of carbonyl (C=O) groups is 2. The number of carboxylic acids is 1. The Bertz CT molecular complexity index is 335. The number of carboxylic acid groups (broad SMARTS) is 1. The van der Waals surface area contributed by atoms with Crippen molar-refractivity contribution in [2.75, 3.05) is 13.1 Å². The van der Waals surface area contributed by atoms with Gasteiger partial charge in [-0.25, -0.2) is 4.79 Å². The minimum absolute atomic E-state index is 0.0290. The molecule has 102 valence electrons. The Balaban J connectivity index is 1.78. The Labute approximate surface area is 108 Å². The van der Waals surface area contributed by atoms with Crippen LogP contribution in [-0.2, 0) is 4.79 Å². The Morgan fingerprint density at radius 3 is 2.50 bits per heavy atom. The molecule has 0 aromatic rings. The van der Waals surface area contributed by atoms with Crippen LogP contribution in [0.1, 0.15) is 45.4 Å². The maximum atomic E-state index is 12.0. The first-order valence-electron chi connectivity index (χ1n) is 6.76. The first kappa shape index (κ1) is 13.2. The minimum Gasteiger partial charge on any atom is -0.481 e. The SMILES string of the molecule is CC1(CNC(=O)N(CCC(=O)O)C2CC2)CCC1. The van der Waals surface area contributed by atoms with Crippen molar-refractivity contribution in [3.05, 3.63) is 0 Å². The van der Waals surface area contributed by atoms with Crippen LogP contribution in [0.25, 0.3) is 0 Å². The predicted octanol–water partition coefficient (Wildman–Crippen LogP) is 1.83. The number of aliphatic carboxylic acids is 1. The summed E-state index contributed by atoms with van der Waals surface area (Å²) < 4.78 is 0. The maximum Gasteiger partial charge on any atom is 0.317 e. The van der Waals surface area contributed by atoms with Crippen molar-refractivity contribution in [3.63, 3.8) is 0 Å². The molecule has 0 radical (unpaired) electrons. The van der Waals surface area contributed by atoms with Crippen LogP contribution in [0.4, 0.5) is 4.79 Å². The molecule has 2 aliphatic carbocycles. The van der Waals surface area contributed by atoms with Crippen molar-refractivity contribution in [3.8, 4) is 0 Å².